The highest BCUT2D eigenvalue weighted by molar-refractivity contribution is 6.09. The molecule has 0 spiro atoms. The fourth-order valence-electron chi connectivity index (χ4n) is 3.95. The van der Waals surface area contributed by atoms with Gasteiger partial charge in [0, 0.05) is 0 Å². The molecule has 0 aliphatic carbocycles. The molecule has 1 fully saturated rings. The van der Waals surface area contributed by atoms with Crippen molar-refractivity contribution in [3.05, 3.63) is 59.4 Å². The van der Waals surface area contributed by atoms with Crippen molar-refractivity contribution >= 4 is 29.4 Å². The van der Waals surface area contributed by atoms with Gasteiger partial charge in [-0.15, -0.1) is 0 Å². The van der Waals surface area contributed by atoms with E-state index in [1.807, 2.05) is 19.9 Å². The molecule has 0 aromatic heterocycles. The van der Waals surface area contributed by atoms with Gasteiger partial charge >= 0.3 is 6.03 Å². The monoisotopic (exact) mass is 484 g/mol. The van der Waals surface area contributed by atoms with Gasteiger partial charge in [0.25, 0.3) is 5.91 Å². The number of imide groups is 1. The van der Waals surface area contributed by atoms with E-state index < -0.39 is 41.7 Å². The number of nitrogens with zero attached hydrogens (tertiary/aromatic N) is 1. The predicted molar refractivity (Wildman–Crippen MR) is 127 cm³/mol. The van der Waals surface area contributed by atoms with Crippen LogP contribution in [0.4, 0.5) is 14.9 Å². The van der Waals surface area contributed by atoms with Crippen LogP contribution < -0.4 is 20.7 Å². The minimum absolute atomic E-state index is 0.304. The molecule has 1 aliphatic rings. The molecule has 3 rings (SSSR count). The summed E-state index contributed by atoms with van der Waals surface area (Å²) in [6.45, 7) is 2.89. The molecule has 9 nitrogen and oxygen atoms in total. The molecule has 0 radical (unpaired) electrons. The maximum absolute atomic E-state index is 13.4. The van der Waals surface area contributed by atoms with E-state index in [0.717, 1.165) is 16.9 Å². The van der Waals surface area contributed by atoms with Crippen LogP contribution in [0, 0.1) is 12.7 Å². The molecule has 0 bridgehead atoms. The van der Waals surface area contributed by atoms with E-state index in [1.54, 1.807) is 12.1 Å². The van der Waals surface area contributed by atoms with Gasteiger partial charge in [-0.3, -0.25) is 19.3 Å². The van der Waals surface area contributed by atoms with Crippen molar-refractivity contribution in [2.75, 3.05) is 25.5 Å². The number of unbranched alkanes of at least 4 members (excludes halogenated alkanes) is 1. The molecule has 0 saturated carbocycles. The summed E-state index contributed by atoms with van der Waals surface area (Å²) in [5.74, 6) is -1.76. The number of amides is 5. The lowest BCUT2D eigenvalue weighted by Gasteiger charge is -2.27. The van der Waals surface area contributed by atoms with Crippen LogP contribution >= 0.6 is 0 Å². The number of aryl methyl sites for hydroxylation is 1. The molecule has 2 aromatic carbocycles. The quantitative estimate of drug-likeness (QED) is 0.449. The zero-order chi connectivity index (χ0) is 25.6. The number of hydrogen-bond donors (Lipinski definition) is 3. The summed E-state index contributed by atoms with van der Waals surface area (Å²) in [7, 11) is 1.48. The Labute approximate surface area is 203 Å². The summed E-state index contributed by atoms with van der Waals surface area (Å²) in [5.41, 5.74) is 0.442. The zero-order valence-electron chi connectivity index (χ0n) is 19.9. The number of carbonyl (C=O) groups excluding carboxylic acids is 4. The topological polar surface area (TPSA) is 117 Å². The van der Waals surface area contributed by atoms with Crippen LogP contribution in [0.1, 0.15) is 37.3 Å². The predicted octanol–water partition coefficient (Wildman–Crippen LogP) is 2.83. The normalized spacial score (nSPS) is 17.2. The van der Waals surface area contributed by atoms with E-state index >= 15 is 0 Å². The summed E-state index contributed by atoms with van der Waals surface area (Å²) < 4.78 is 18.7. The highest BCUT2D eigenvalue weighted by atomic mass is 19.1. The Balaban J connectivity index is 1.65. The molecule has 35 heavy (non-hydrogen) atoms. The number of nitrogens with one attached hydrogen (secondary N) is 3. The van der Waals surface area contributed by atoms with Crippen LogP contribution in [-0.2, 0) is 19.9 Å². The number of benzene rings is 2. The van der Waals surface area contributed by atoms with Crippen molar-refractivity contribution in [2.45, 2.75) is 38.6 Å². The number of hydrogen-bond acceptors (Lipinski definition) is 5. The number of anilines is 1. The second-order valence-corrected chi connectivity index (χ2v) is 8.37. The number of carbonyl (C=O) groups is 4. The van der Waals surface area contributed by atoms with Gasteiger partial charge in [-0.05, 0) is 48.7 Å². The van der Waals surface area contributed by atoms with Crippen molar-refractivity contribution in [2.24, 2.45) is 0 Å². The SMILES string of the molecule is CCCCC1(c2ccc(F)cc2)NC(=O)N(CC(=O)NCC(=O)Nc2cc(C)ccc2OC)C1=O. The fraction of sp³-hybridized carbons (Fsp3) is 0.360. The number of halogens is 1. The molecule has 5 amide bonds. The Morgan fingerprint density at radius 1 is 1.11 bits per heavy atom. The molecule has 1 saturated heterocycles. The van der Waals surface area contributed by atoms with Crippen molar-refractivity contribution in [1.29, 1.82) is 0 Å². The second kappa shape index (κ2) is 11.0. The first-order valence-corrected chi connectivity index (χ1v) is 11.3. The largest absolute Gasteiger partial charge is 0.495 e. The summed E-state index contributed by atoms with van der Waals surface area (Å²) in [5, 5.41) is 7.79. The molecule has 10 heteroatoms. The van der Waals surface area contributed by atoms with Crippen LogP contribution in [0.2, 0.25) is 0 Å². The number of urea groups is 1. The van der Waals surface area contributed by atoms with Crippen LogP contribution in [0.15, 0.2) is 42.5 Å². The Morgan fingerprint density at radius 2 is 1.83 bits per heavy atom. The number of methoxy groups -OCH3 is 1. The van der Waals surface area contributed by atoms with Crippen molar-refractivity contribution in [3.63, 3.8) is 0 Å². The minimum atomic E-state index is -1.37. The zero-order valence-corrected chi connectivity index (χ0v) is 19.9. The molecule has 1 atom stereocenters. The number of rotatable bonds is 10. The van der Waals surface area contributed by atoms with Crippen molar-refractivity contribution in [3.8, 4) is 5.75 Å². The van der Waals surface area contributed by atoms with E-state index in [0.29, 0.717) is 29.8 Å². The highest BCUT2D eigenvalue weighted by Crippen LogP contribution is 2.34. The van der Waals surface area contributed by atoms with Gasteiger partial charge in [-0.25, -0.2) is 9.18 Å². The molecule has 186 valence electrons. The second-order valence-electron chi connectivity index (χ2n) is 8.37. The van der Waals surface area contributed by atoms with Gasteiger partial charge in [0.2, 0.25) is 11.8 Å². The number of ether oxygens (including phenoxy) is 1. The molecule has 1 unspecified atom stereocenters. The van der Waals surface area contributed by atoms with E-state index in [4.69, 9.17) is 4.74 Å². The van der Waals surface area contributed by atoms with Gasteiger partial charge in [0.05, 0.1) is 19.3 Å². The first-order chi connectivity index (χ1) is 16.7. The third-order valence-electron chi connectivity index (χ3n) is 5.79. The lowest BCUT2D eigenvalue weighted by molar-refractivity contribution is -0.135. The van der Waals surface area contributed by atoms with Gasteiger partial charge in [-0.1, -0.05) is 38.0 Å². The standard InChI is InChI=1S/C25H29FN4O5/c1-4-5-12-25(17-7-9-18(26)10-8-17)23(33)30(24(34)29-25)15-22(32)27-14-21(31)28-19-13-16(2)6-11-20(19)35-3/h6-11,13H,4-5,12,14-15H2,1-3H3,(H,27,32)(H,28,31)(H,29,34). The van der Waals surface area contributed by atoms with Crippen LogP contribution in [0.5, 0.6) is 5.75 Å². The molecular formula is C25H29FN4O5. The maximum atomic E-state index is 13.4. The van der Waals surface area contributed by atoms with E-state index in [-0.39, 0.29) is 6.54 Å². The van der Waals surface area contributed by atoms with Crippen LogP contribution in [-0.4, -0.2) is 48.9 Å². The smallest absolute Gasteiger partial charge is 0.325 e. The van der Waals surface area contributed by atoms with E-state index in [1.165, 1.54) is 31.4 Å². The summed E-state index contributed by atoms with van der Waals surface area (Å²) in [4.78, 5) is 51.6. The third-order valence-corrected chi connectivity index (χ3v) is 5.79. The molecule has 1 aliphatic heterocycles. The summed E-state index contributed by atoms with van der Waals surface area (Å²) in [6, 6.07) is 9.91. The Bertz CT molecular complexity index is 1120. The molecular weight excluding hydrogens is 455 g/mol. The van der Waals surface area contributed by atoms with Gasteiger partial charge in [0.1, 0.15) is 23.7 Å². The third kappa shape index (κ3) is 5.76. The van der Waals surface area contributed by atoms with E-state index in [2.05, 4.69) is 16.0 Å². The molecule has 3 N–H and O–H groups in total. The molecule has 1 heterocycles. The average Bonchev–Trinajstić information content (AvgIpc) is 3.07. The first kappa shape index (κ1) is 25.7. The van der Waals surface area contributed by atoms with Crippen molar-refractivity contribution in [1.82, 2.24) is 15.5 Å². The highest BCUT2D eigenvalue weighted by Gasteiger charge is 2.52. The van der Waals surface area contributed by atoms with Crippen molar-refractivity contribution < 1.29 is 28.3 Å². The average molecular weight is 485 g/mol. The van der Waals surface area contributed by atoms with Gasteiger partial charge in [-0.2, -0.15) is 0 Å². The van der Waals surface area contributed by atoms with Gasteiger partial charge in [0.15, 0.2) is 0 Å². The maximum Gasteiger partial charge on any atom is 0.325 e. The van der Waals surface area contributed by atoms with Gasteiger partial charge < -0.3 is 20.7 Å². The van der Waals surface area contributed by atoms with Crippen LogP contribution in [0.3, 0.4) is 0 Å². The van der Waals surface area contributed by atoms with E-state index in [9.17, 15) is 23.6 Å². The fourth-order valence-corrected chi connectivity index (χ4v) is 3.95. The summed E-state index contributed by atoms with van der Waals surface area (Å²) >= 11 is 0. The Kier molecular flexibility index (Phi) is 8.06. The lowest BCUT2D eigenvalue weighted by atomic mass is 9.85. The van der Waals surface area contributed by atoms with Crippen LogP contribution in [0.25, 0.3) is 0 Å². The Hall–Kier alpha value is -3.95. The lowest BCUT2D eigenvalue weighted by Crippen LogP contribution is -2.46. The first-order valence-electron chi connectivity index (χ1n) is 11.3. The minimum Gasteiger partial charge on any atom is -0.495 e. The Morgan fingerprint density at radius 3 is 2.49 bits per heavy atom. The molecule has 2 aromatic rings. The summed E-state index contributed by atoms with van der Waals surface area (Å²) in [6.07, 6.45) is 1.71.